The van der Waals surface area contributed by atoms with Crippen LogP contribution in [0.5, 0.6) is 0 Å². The predicted molar refractivity (Wildman–Crippen MR) is 75.1 cm³/mol. The van der Waals surface area contributed by atoms with Gasteiger partial charge in [-0.2, -0.15) is 0 Å². The fraction of sp³-hybridized carbons (Fsp3) is 0.571. The molecule has 108 valence electrons. The molecule has 0 aliphatic heterocycles. The fourth-order valence-electron chi connectivity index (χ4n) is 1.73. The smallest absolute Gasteiger partial charge is 0.146 e. The Balaban J connectivity index is 2.53. The van der Waals surface area contributed by atoms with Crippen molar-refractivity contribution in [1.82, 2.24) is 5.32 Å². The number of methoxy groups -OCH3 is 2. The second kappa shape index (κ2) is 8.85. The van der Waals surface area contributed by atoms with Gasteiger partial charge in [-0.05, 0) is 17.7 Å². The van der Waals surface area contributed by atoms with E-state index in [0.29, 0.717) is 32.0 Å². The van der Waals surface area contributed by atoms with E-state index in [9.17, 15) is 4.39 Å². The zero-order valence-electron chi connectivity index (χ0n) is 11.9. The van der Waals surface area contributed by atoms with Gasteiger partial charge in [-0.25, -0.2) is 4.39 Å². The van der Waals surface area contributed by atoms with Crippen molar-refractivity contribution in [3.63, 3.8) is 0 Å². The van der Waals surface area contributed by atoms with E-state index in [0.717, 1.165) is 12.1 Å². The Bertz CT molecular complexity index is 374. The molecule has 5 heteroatoms. The van der Waals surface area contributed by atoms with Gasteiger partial charge in [0.05, 0.1) is 18.9 Å². The normalized spacial score (nSPS) is 10.7. The predicted octanol–water partition coefficient (Wildman–Crippen LogP) is 1.64. The minimum absolute atomic E-state index is 0.204. The van der Waals surface area contributed by atoms with Crippen molar-refractivity contribution in [1.29, 1.82) is 0 Å². The number of likely N-dealkylation sites (N-methyl/N-ethyl adjacent to an activating group) is 1. The average Bonchev–Trinajstić information content (AvgIpc) is 2.41. The maximum absolute atomic E-state index is 14.0. The molecule has 1 aromatic carbocycles. The highest BCUT2D eigenvalue weighted by Crippen LogP contribution is 2.19. The molecule has 0 atom stereocenters. The Hall–Kier alpha value is -1.17. The number of benzene rings is 1. The van der Waals surface area contributed by atoms with Crippen LogP contribution >= 0.6 is 0 Å². The monoisotopic (exact) mass is 270 g/mol. The summed E-state index contributed by atoms with van der Waals surface area (Å²) in [5.41, 5.74) is 1.52. The summed E-state index contributed by atoms with van der Waals surface area (Å²) in [5, 5.41) is 3.19. The van der Waals surface area contributed by atoms with Crippen molar-refractivity contribution < 1.29 is 13.9 Å². The molecular weight excluding hydrogens is 247 g/mol. The molecule has 0 saturated heterocycles. The van der Waals surface area contributed by atoms with E-state index in [1.165, 1.54) is 0 Å². The lowest BCUT2D eigenvalue weighted by atomic mass is 10.2. The van der Waals surface area contributed by atoms with Gasteiger partial charge in [-0.15, -0.1) is 0 Å². The van der Waals surface area contributed by atoms with E-state index in [1.54, 1.807) is 26.4 Å². The largest absolute Gasteiger partial charge is 0.383 e. The van der Waals surface area contributed by atoms with E-state index in [2.05, 4.69) is 5.32 Å². The van der Waals surface area contributed by atoms with Crippen LogP contribution in [0.2, 0.25) is 0 Å². The zero-order valence-corrected chi connectivity index (χ0v) is 11.9. The van der Waals surface area contributed by atoms with Gasteiger partial charge in [0, 0.05) is 40.9 Å². The minimum atomic E-state index is -0.204. The molecule has 0 spiro atoms. The average molecular weight is 270 g/mol. The summed E-state index contributed by atoms with van der Waals surface area (Å²) >= 11 is 0. The van der Waals surface area contributed by atoms with E-state index >= 15 is 0 Å². The lowest BCUT2D eigenvalue weighted by Gasteiger charge is -2.20. The van der Waals surface area contributed by atoms with Gasteiger partial charge in [0.2, 0.25) is 0 Å². The van der Waals surface area contributed by atoms with Gasteiger partial charge < -0.3 is 19.7 Å². The molecule has 0 bridgehead atoms. The van der Waals surface area contributed by atoms with Crippen LogP contribution in [0.4, 0.5) is 10.1 Å². The summed E-state index contributed by atoms with van der Waals surface area (Å²) in [6, 6.07) is 5.30. The molecule has 1 rings (SSSR count). The van der Waals surface area contributed by atoms with Gasteiger partial charge in [0.25, 0.3) is 0 Å². The molecule has 0 heterocycles. The van der Waals surface area contributed by atoms with Crippen molar-refractivity contribution in [2.45, 2.75) is 6.54 Å². The first-order valence-electron chi connectivity index (χ1n) is 6.37. The summed E-state index contributed by atoms with van der Waals surface area (Å²) in [6.45, 7) is 3.30. The highest BCUT2D eigenvalue weighted by atomic mass is 19.1. The molecular formula is C14H23FN2O2. The molecule has 0 aromatic heterocycles. The maximum Gasteiger partial charge on any atom is 0.146 e. The molecule has 0 radical (unpaired) electrons. The number of nitrogens with one attached hydrogen (secondary N) is 1. The summed E-state index contributed by atoms with van der Waals surface area (Å²) in [6.07, 6.45) is 0. The third kappa shape index (κ3) is 5.55. The summed E-state index contributed by atoms with van der Waals surface area (Å²) < 4.78 is 23.9. The van der Waals surface area contributed by atoms with E-state index in [1.807, 2.05) is 18.0 Å². The Morgan fingerprint density at radius 1 is 1.21 bits per heavy atom. The van der Waals surface area contributed by atoms with Gasteiger partial charge >= 0.3 is 0 Å². The van der Waals surface area contributed by atoms with Crippen molar-refractivity contribution in [3.05, 3.63) is 29.6 Å². The molecule has 4 nitrogen and oxygen atoms in total. The Labute approximate surface area is 114 Å². The number of nitrogens with zero attached hydrogens (tertiary/aromatic N) is 1. The topological polar surface area (TPSA) is 33.7 Å². The van der Waals surface area contributed by atoms with Crippen LogP contribution in [0.1, 0.15) is 5.56 Å². The molecule has 0 amide bonds. The van der Waals surface area contributed by atoms with Gasteiger partial charge in [-0.1, -0.05) is 6.07 Å². The van der Waals surface area contributed by atoms with Crippen LogP contribution in [-0.4, -0.2) is 47.6 Å². The van der Waals surface area contributed by atoms with Crippen molar-refractivity contribution >= 4 is 5.69 Å². The first kappa shape index (κ1) is 15.9. The summed E-state index contributed by atoms with van der Waals surface area (Å²) in [4.78, 5) is 1.85. The van der Waals surface area contributed by atoms with Crippen LogP contribution in [0.3, 0.4) is 0 Å². The molecule has 19 heavy (non-hydrogen) atoms. The SMILES string of the molecule is COCCNCc1ccc(N(C)CCOC)c(F)c1. The van der Waals surface area contributed by atoms with Gasteiger partial charge in [0.15, 0.2) is 0 Å². The van der Waals surface area contributed by atoms with E-state index < -0.39 is 0 Å². The molecule has 0 unspecified atom stereocenters. The minimum Gasteiger partial charge on any atom is -0.383 e. The molecule has 0 saturated carbocycles. The van der Waals surface area contributed by atoms with Crippen LogP contribution in [0.25, 0.3) is 0 Å². The molecule has 1 N–H and O–H groups in total. The van der Waals surface area contributed by atoms with Crippen LogP contribution < -0.4 is 10.2 Å². The highest BCUT2D eigenvalue weighted by Gasteiger charge is 2.08. The Kier molecular flexibility index (Phi) is 7.40. The molecule has 0 fully saturated rings. The molecule has 0 aliphatic rings. The van der Waals surface area contributed by atoms with Gasteiger partial charge in [0.1, 0.15) is 5.82 Å². The lowest BCUT2D eigenvalue weighted by Crippen LogP contribution is -2.23. The van der Waals surface area contributed by atoms with Crippen LogP contribution in [0, 0.1) is 5.82 Å². The Morgan fingerprint density at radius 2 is 1.95 bits per heavy atom. The van der Waals surface area contributed by atoms with E-state index in [-0.39, 0.29) is 5.82 Å². The Morgan fingerprint density at radius 3 is 2.58 bits per heavy atom. The van der Waals surface area contributed by atoms with Crippen LogP contribution in [0.15, 0.2) is 18.2 Å². The number of ether oxygens (including phenoxy) is 2. The van der Waals surface area contributed by atoms with Crippen molar-refractivity contribution in [3.8, 4) is 0 Å². The number of anilines is 1. The van der Waals surface area contributed by atoms with Crippen molar-refractivity contribution in [2.75, 3.05) is 52.5 Å². The number of hydrogen-bond donors (Lipinski definition) is 1. The van der Waals surface area contributed by atoms with Crippen molar-refractivity contribution in [2.24, 2.45) is 0 Å². The quantitative estimate of drug-likeness (QED) is 0.692. The van der Waals surface area contributed by atoms with Crippen LogP contribution in [-0.2, 0) is 16.0 Å². The third-order valence-corrected chi connectivity index (χ3v) is 2.87. The summed E-state index contributed by atoms with van der Waals surface area (Å²) in [5.74, 6) is -0.204. The first-order valence-corrected chi connectivity index (χ1v) is 6.37. The number of hydrogen-bond acceptors (Lipinski definition) is 4. The molecule has 1 aromatic rings. The standard InChI is InChI=1S/C14H23FN2O2/c1-17(7-9-19-3)14-5-4-12(10-13(14)15)11-16-6-8-18-2/h4-5,10,16H,6-9,11H2,1-3H3. The number of rotatable bonds is 9. The van der Waals surface area contributed by atoms with Gasteiger partial charge in [-0.3, -0.25) is 0 Å². The first-order chi connectivity index (χ1) is 9.19. The lowest BCUT2D eigenvalue weighted by molar-refractivity contribution is 0.199. The van der Waals surface area contributed by atoms with E-state index in [4.69, 9.17) is 9.47 Å². The maximum atomic E-state index is 14.0. The second-order valence-electron chi connectivity index (χ2n) is 4.37. The second-order valence-corrected chi connectivity index (χ2v) is 4.37. The fourth-order valence-corrected chi connectivity index (χ4v) is 1.73. The third-order valence-electron chi connectivity index (χ3n) is 2.87. The highest BCUT2D eigenvalue weighted by molar-refractivity contribution is 5.48. The summed E-state index contributed by atoms with van der Waals surface area (Å²) in [7, 11) is 5.15. The zero-order chi connectivity index (χ0) is 14.1. The molecule has 0 aliphatic carbocycles. The number of halogens is 1.